The summed E-state index contributed by atoms with van der Waals surface area (Å²) in [4.78, 5) is 20.7. The molecule has 0 radical (unpaired) electrons. The first kappa shape index (κ1) is 13.9. The van der Waals surface area contributed by atoms with Crippen LogP contribution in [0.2, 0.25) is 0 Å². The summed E-state index contributed by atoms with van der Waals surface area (Å²) in [5, 5.41) is 8.48. The predicted molar refractivity (Wildman–Crippen MR) is 56.5 cm³/mol. The minimum Gasteiger partial charge on any atom is -0.481 e. The number of hydrogen-bond donors (Lipinski definition) is 1. The lowest BCUT2D eigenvalue weighted by Gasteiger charge is -2.09. The first-order chi connectivity index (χ1) is 7.02. The summed E-state index contributed by atoms with van der Waals surface area (Å²) in [6, 6.07) is 0. The summed E-state index contributed by atoms with van der Waals surface area (Å²) >= 11 is 0. The molecule has 88 valence electrons. The van der Waals surface area contributed by atoms with Crippen LogP contribution in [0.5, 0.6) is 0 Å². The number of esters is 1. The van der Waals surface area contributed by atoms with Crippen LogP contribution < -0.4 is 0 Å². The molecule has 0 aliphatic rings. The molecule has 0 rings (SSSR count). The third kappa shape index (κ3) is 10.9. The molecule has 0 aromatic heterocycles. The van der Waals surface area contributed by atoms with Crippen molar-refractivity contribution in [2.45, 2.75) is 46.0 Å². The number of rotatable bonds is 8. The van der Waals surface area contributed by atoms with E-state index in [1.54, 1.807) is 0 Å². The number of carbonyl (C=O) groups excluding carboxylic acids is 1. The zero-order chi connectivity index (χ0) is 11.7. The Morgan fingerprint density at radius 3 is 2.47 bits per heavy atom. The highest BCUT2D eigenvalue weighted by Gasteiger charge is 2.05. The number of ether oxygens (including phenoxy) is 1. The van der Waals surface area contributed by atoms with E-state index >= 15 is 0 Å². The van der Waals surface area contributed by atoms with Gasteiger partial charge in [0.25, 0.3) is 0 Å². The van der Waals surface area contributed by atoms with Gasteiger partial charge in [-0.1, -0.05) is 13.3 Å². The lowest BCUT2D eigenvalue weighted by atomic mass is 9.99. The molecule has 0 heterocycles. The molecule has 4 nitrogen and oxygen atoms in total. The summed E-state index contributed by atoms with van der Waals surface area (Å²) in [6.45, 7) is 3.92. The maximum Gasteiger partial charge on any atom is 0.303 e. The van der Waals surface area contributed by atoms with Crippen molar-refractivity contribution in [1.29, 1.82) is 0 Å². The van der Waals surface area contributed by atoms with Crippen LogP contribution in [0.15, 0.2) is 0 Å². The first-order valence-electron chi connectivity index (χ1n) is 5.37. The minimum atomic E-state index is -0.734. The van der Waals surface area contributed by atoms with Crippen LogP contribution in [0, 0.1) is 5.92 Å². The van der Waals surface area contributed by atoms with Crippen LogP contribution in [0.1, 0.15) is 46.0 Å². The number of carbonyl (C=O) groups is 2. The van der Waals surface area contributed by atoms with Gasteiger partial charge in [-0.2, -0.15) is 0 Å². The van der Waals surface area contributed by atoms with Crippen LogP contribution in [-0.4, -0.2) is 23.7 Å². The zero-order valence-corrected chi connectivity index (χ0v) is 9.49. The highest BCUT2D eigenvalue weighted by Crippen LogP contribution is 2.13. The third-order valence-electron chi connectivity index (χ3n) is 2.25. The normalized spacial score (nSPS) is 12.1. The van der Waals surface area contributed by atoms with Crippen molar-refractivity contribution in [2.24, 2.45) is 5.92 Å². The molecule has 0 aromatic rings. The average molecular weight is 216 g/mol. The summed E-state index contributed by atoms with van der Waals surface area (Å²) < 4.78 is 4.79. The maximum absolute atomic E-state index is 10.4. The second-order valence-electron chi connectivity index (χ2n) is 3.87. The van der Waals surface area contributed by atoms with Crippen LogP contribution in [0.4, 0.5) is 0 Å². The molecule has 4 heteroatoms. The smallest absolute Gasteiger partial charge is 0.303 e. The van der Waals surface area contributed by atoms with Gasteiger partial charge in [0.05, 0.1) is 6.61 Å². The van der Waals surface area contributed by atoms with Crippen LogP contribution in [0.25, 0.3) is 0 Å². The second kappa shape index (κ2) is 8.26. The van der Waals surface area contributed by atoms with Gasteiger partial charge in [-0.15, -0.1) is 0 Å². The van der Waals surface area contributed by atoms with Crippen LogP contribution in [0.3, 0.4) is 0 Å². The topological polar surface area (TPSA) is 63.6 Å². The molecule has 1 atom stereocenters. The van der Waals surface area contributed by atoms with Crippen molar-refractivity contribution < 1.29 is 19.4 Å². The fraction of sp³-hybridized carbons (Fsp3) is 0.818. The number of unbranched alkanes of at least 4 members (excludes halogenated alkanes) is 1. The maximum atomic E-state index is 10.4. The van der Waals surface area contributed by atoms with Crippen molar-refractivity contribution in [2.75, 3.05) is 6.61 Å². The van der Waals surface area contributed by atoms with Gasteiger partial charge in [-0.25, -0.2) is 0 Å². The van der Waals surface area contributed by atoms with Gasteiger partial charge < -0.3 is 9.84 Å². The number of aliphatic carboxylic acids is 1. The lowest BCUT2D eigenvalue weighted by molar-refractivity contribution is -0.141. The van der Waals surface area contributed by atoms with Crippen molar-refractivity contribution >= 4 is 11.9 Å². The molecule has 0 spiro atoms. The van der Waals surface area contributed by atoms with Crippen molar-refractivity contribution in [3.05, 3.63) is 0 Å². The molecule has 0 saturated carbocycles. The molecule has 0 bridgehead atoms. The molecular formula is C11H20O4. The molecule has 15 heavy (non-hydrogen) atoms. The van der Waals surface area contributed by atoms with Gasteiger partial charge in [0.1, 0.15) is 0 Å². The highest BCUT2D eigenvalue weighted by molar-refractivity contribution is 5.66. The predicted octanol–water partition coefficient (Wildman–Crippen LogP) is 2.22. The number of carboxylic acids is 1. The van der Waals surface area contributed by atoms with E-state index in [1.165, 1.54) is 6.92 Å². The zero-order valence-electron chi connectivity index (χ0n) is 9.49. The van der Waals surface area contributed by atoms with E-state index < -0.39 is 5.97 Å². The molecule has 0 aliphatic heterocycles. The Bertz CT molecular complexity index is 201. The summed E-state index contributed by atoms with van der Waals surface area (Å²) in [7, 11) is 0. The standard InChI is InChI=1S/C11H20O4/c1-9(6-7-11(13)14)5-3-4-8-15-10(2)12/h9H,3-8H2,1-2H3,(H,13,14)/t9-/m0/s1. The molecule has 1 N–H and O–H groups in total. The van der Waals surface area contributed by atoms with E-state index in [4.69, 9.17) is 9.84 Å². The van der Waals surface area contributed by atoms with Gasteiger partial charge >= 0.3 is 11.9 Å². The summed E-state index contributed by atoms with van der Waals surface area (Å²) in [5.74, 6) is -0.547. The summed E-state index contributed by atoms with van der Waals surface area (Å²) in [6.07, 6.45) is 3.80. The van der Waals surface area contributed by atoms with Gasteiger partial charge in [0, 0.05) is 13.3 Å². The van der Waals surface area contributed by atoms with Gasteiger partial charge in [-0.05, 0) is 25.2 Å². The fourth-order valence-corrected chi connectivity index (χ4v) is 1.32. The lowest BCUT2D eigenvalue weighted by Crippen LogP contribution is -2.03. The Kier molecular flexibility index (Phi) is 7.68. The Hall–Kier alpha value is -1.06. The van der Waals surface area contributed by atoms with E-state index in [9.17, 15) is 9.59 Å². The van der Waals surface area contributed by atoms with Crippen LogP contribution in [-0.2, 0) is 14.3 Å². The van der Waals surface area contributed by atoms with Crippen molar-refractivity contribution in [1.82, 2.24) is 0 Å². The van der Waals surface area contributed by atoms with Gasteiger partial charge in [0.15, 0.2) is 0 Å². The van der Waals surface area contributed by atoms with Crippen LogP contribution >= 0.6 is 0 Å². The fourth-order valence-electron chi connectivity index (χ4n) is 1.32. The van der Waals surface area contributed by atoms with E-state index in [0.29, 0.717) is 12.5 Å². The van der Waals surface area contributed by atoms with E-state index in [1.807, 2.05) is 0 Å². The van der Waals surface area contributed by atoms with E-state index in [2.05, 4.69) is 6.92 Å². The molecule has 0 amide bonds. The Morgan fingerprint density at radius 1 is 1.27 bits per heavy atom. The van der Waals surface area contributed by atoms with E-state index in [-0.39, 0.29) is 12.4 Å². The molecule has 0 fully saturated rings. The first-order valence-corrected chi connectivity index (χ1v) is 5.37. The molecule has 0 aromatic carbocycles. The average Bonchev–Trinajstić information content (AvgIpc) is 2.13. The minimum absolute atomic E-state index is 0.241. The molecule has 0 aliphatic carbocycles. The van der Waals surface area contributed by atoms with Gasteiger partial charge in [0.2, 0.25) is 0 Å². The number of carboxylic acid groups (broad SMARTS) is 1. The highest BCUT2D eigenvalue weighted by atomic mass is 16.5. The second-order valence-corrected chi connectivity index (χ2v) is 3.87. The monoisotopic (exact) mass is 216 g/mol. The largest absolute Gasteiger partial charge is 0.481 e. The third-order valence-corrected chi connectivity index (χ3v) is 2.25. The van der Waals surface area contributed by atoms with E-state index in [0.717, 1.165) is 25.7 Å². The van der Waals surface area contributed by atoms with Crippen molar-refractivity contribution in [3.8, 4) is 0 Å². The molecule has 0 saturated heterocycles. The SMILES string of the molecule is CC(=O)OCCCC[C@H](C)CCC(=O)O. The summed E-state index contributed by atoms with van der Waals surface area (Å²) in [5.41, 5.74) is 0. The Balaban J connectivity index is 3.27. The Labute approximate surface area is 90.6 Å². The number of hydrogen-bond acceptors (Lipinski definition) is 3. The molecule has 0 unspecified atom stereocenters. The van der Waals surface area contributed by atoms with Crippen molar-refractivity contribution in [3.63, 3.8) is 0 Å². The quantitative estimate of drug-likeness (QED) is 0.499. The molecular weight excluding hydrogens is 196 g/mol. The Morgan fingerprint density at radius 2 is 1.93 bits per heavy atom. The van der Waals surface area contributed by atoms with Gasteiger partial charge in [-0.3, -0.25) is 9.59 Å².